The normalized spacial score (nSPS) is 12.9. The highest BCUT2D eigenvalue weighted by atomic mass is 16.5. The monoisotopic (exact) mass is 231 g/mol. The van der Waals surface area contributed by atoms with Gasteiger partial charge < -0.3 is 9.72 Å². The van der Waals surface area contributed by atoms with Crippen LogP contribution in [-0.2, 0) is 4.79 Å². The fourth-order valence-electron chi connectivity index (χ4n) is 1.84. The van der Waals surface area contributed by atoms with Crippen molar-refractivity contribution in [3.8, 4) is 5.75 Å². The zero-order valence-electron chi connectivity index (χ0n) is 10.4. The minimum Gasteiger partial charge on any atom is -0.482 e. The van der Waals surface area contributed by atoms with Crippen molar-refractivity contribution in [1.29, 1.82) is 0 Å². The van der Waals surface area contributed by atoms with Gasteiger partial charge in [-0.3, -0.25) is 4.79 Å². The molecule has 0 spiro atoms. The Kier molecular flexibility index (Phi) is 3.18. The van der Waals surface area contributed by atoms with Crippen LogP contribution in [0.2, 0.25) is 0 Å². The maximum Gasteiger partial charge on any atom is 0.160 e. The van der Waals surface area contributed by atoms with E-state index in [0.29, 0.717) is 0 Å². The fraction of sp³-hybridized carbons (Fsp3) is 0.357. The summed E-state index contributed by atoms with van der Waals surface area (Å²) in [6.07, 6.45) is 0.471. The van der Waals surface area contributed by atoms with E-state index in [-0.39, 0.29) is 5.92 Å². The van der Waals surface area contributed by atoms with Crippen LogP contribution in [0.15, 0.2) is 24.3 Å². The number of aromatic amines is 1. The Bertz CT molecular complexity index is 528. The highest BCUT2D eigenvalue weighted by Crippen LogP contribution is 2.27. The second-order valence-corrected chi connectivity index (χ2v) is 4.63. The van der Waals surface area contributed by atoms with Crippen molar-refractivity contribution in [2.24, 2.45) is 5.92 Å². The number of hydrogen-bond acceptors (Lipinski definition) is 2. The van der Waals surface area contributed by atoms with Gasteiger partial charge in [0.25, 0.3) is 0 Å². The number of aryl methyl sites for hydroxylation is 1. The first-order valence-electron chi connectivity index (χ1n) is 5.82. The summed E-state index contributed by atoms with van der Waals surface area (Å²) in [4.78, 5) is 14.2. The summed E-state index contributed by atoms with van der Waals surface area (Å²) in [5.41, 5.74) is 2.12. The van der Waals surface area contributed by atoms with E-state index < -0.39 is 6.10 Å². The number of hydrogen-bond donors (Lipinski definition) is 1. The number of H-pyrrole nitrogens is 1. The smallest absolute Gasteiger partial charge is 0.160 e. The van der Waals surface area contributed by atoms with Gasteiger partial charge in [0.05, 0.1) is 0 Å². The fourth-order valence-corrected chi connectivity index (χ4v) is 1.84. The van der Waals surface area contributed by atoms with Gasteiger partial charge in [0.15, 0.2) is 12.4 Å². The maximum atomic E-state index is 11.0. The number of carbonyl (C=O) groups excluding carboxylic acids is 1. The Hall–Kier alpha value is -1.77. The lowest BCUT2D eigenvalue weighted by atomic mass is 10.1. The molecule has 0 bridgehead atoms. The van der Waals surface area contributed by atoms with Gasteiger partial charge in [-0.15, -0.1) is 0 Å². The standard InChI is InChI=1S/C14H17NO2/c1-9(2)14(8-16)17-13-6-4-5-12-11(13)7-10(3)15-12/h4-9,14-15H,1-3H3. The molecule has 1 atom stereocenters. The van der Waals surface area contributed by atoms with Gasteiger partial charge in [-0.1, -0.05) is 19.9 Å². The van der Waals surface area contributed by atoms with Gasteiger partial charge in [0.2, 0.25) is 0 Å². The third-order valence-electron chi connectivity index (χ3n) is 2.81. The van der Waals surface area contributed by atoms with Gasteiger partial charge in [-0.25, -0.2) is 0 Å². The molecule has 3 heteroatoms. The van der Waals surface area contributed by atoms with E-state index in [9.17, 15) is 4.79 Å². The molecule has 0 aliphatic carbocycles. The quantitative estimate of drug-likeness (QED) is 0.822. The summed E-state index contributed by atoms with van der Waals surface area (Å²) in [6, 6.07) is 7.86. The van der Waals surface area contributed by atoms with E-state index in [1.807, 2.05) is 45.0 Å². The number of aldehydes is 1. The Balaban J connectivity index is 2.38. The van der Waals surface area contributed by atoms with E-state index in [1.54, 1.807) is 0 Å². The van der Waals surface area contributed by atoms with E-state index in [1.165, 1.54) is 0 Å². The number of carbonyl (C=O) groups is 1. The van der Waals surface area contributed by atoms with Crippen molar-refractivity contribution in [3.63, 3.8) is 0 Å². The molecule has 2 aromatic rings. The Morgan fingerprint density at radius 1 is 1.35 bits per heavy atom. The van der Waals surface area contributed by atoms with Crippen LogP contribution < -0.4 is 4.74 Å². The summed E-state index contributed by atoms with van der Waals surface area (Å²) in [5, 5.41) is 1.03. The first-order valence-corrected chi connectivity index (χ1v) is 5.82. The van der Waals surface area contributed by atoms with E-state index in [0.717, 1.165) is 28.6 Å². The predicted molar refractivity (Wildman–Crippen MR) is 68.4 cm³/mol. The van der Waals surface area contributed by atoms with Gasteiger partial charge in [-0.05, 0) is 31.0 Å². The first-order chi connectivity index (χ1) is 8.11. The highest BCUT2D eigenvalue weighted by Gasteiger charge is 2.15. The SMILES string of the molecule is Cc1cc2c(OC(C=O)C(C)C)cccc2[nH]1. The summed E-state index contributed by atoms with van der Waals surface area (Å²) < 4.78 is 5.76. The van der Waals surface area contributed by atoms with Crippen LogP contribution in [0, 0.1) is 12.8 Å². The van der Waals surface area contributed by atoms with Crippen molar-refractivity contribution >= 4 is 17.2 Å². The largest absolute Gasteiger partial charge is 0.482 e. The minimum atomic E-state index is -0.393. The van der Waals surface area contributed by atoms with Gasteiger partial charge in [0.1, 0.15) is 5.75 Å². The van der Waals surface area contributed by atoms with Gasteiger partial charge in [-0.2, -0.15) is 0 Å². The molecular formula is C14H17NO2. The van der Waals surface area contributed by atoms with Gasteiger partial charge >= 0.3 is 0 Å². The summed E-state index contributed by atoms with van der Waals surface area (Å²) in [5.74, 6) is 0.931. The molecule has 0 amide bonds. The first kappa shape index (κ1) is 11.7. The second kappa shape index (κ2) is 4.62. The van der Waals surface area contributed by atoms with Crippen molar-refractivity contribution in [1.82, 2.24) is 4.98 Å². The topological polar surface area (TPSA) is 42.1 Å². The molecule has 1 aromatic heterocycles. The predicted octanol–water partition coefficient (Wildman–Crippen LogP) is 3.08. The molecule has 3 nitrogen and oxygen atoms in total. The van der Waals surface area contributed by atoms with Crippen LogP contribution in [0.3, 0.4) is 0 Å². The van der Waals surface area contributed by atoms with Gasteiger partial charge in [0, 0.05) is 16.6 Å². The molecule has 0 aliphatic heterocycles. The molecule has 1 unspecified atom stereocenters. The minimum absolute atomic E-state index is 0.169. The van der Waals surface area contributed by atoms with Crippen LogP contribution >= 0.6 is 0 Å². The summed E-state index contributed by atoms with van der Waals surface area (Å²) in [7, 11) is 0. The highest BCUT2D eigenvalue weighted by molar-refractivity contribution is 5.86. The number of nitrogens with one attached hydrogen (secondary N) is 1. The van der Waals surface area contributed by atoms with E-state index >= 15 is 0 Å². The summed E-state index contributed by atoms with van der Waals surface area (Å²) >= 11 is 0. The average Bonchev–Trinajstić information content (AvgIpc) is 2.66. The van der Waals surface area contributed by atoms with Crippen molar-refractivity contribution < 1.29 is 9.53 Å². The third-order valence-corrected chi connectivity index (χ3v) is 2.81. The van der Waals surface area contributed by atoms with Crippen molar-refractivity contribution in [2.75, 3.05) is 0 Å². The maximum absolute atomic E-state index is 11.0. The molecule has 17 heavy (non-hydrogen) atoms. The molecule has 0 aliphatic rings. The molecule has 1 N–H and O–H groups in total. The number of fused-ring (bicyclic) bond motifs is 1. The lowest BCUT2D eigenvalue weighted by Crippen LogP contribution is -2.24. The van der Waals surface area contributed by atoms with Crippen LogP contribution in [0.4, 0.5) is 0 Å². The number of aromatic nitrogens is 1. The molecule has 1 aromatic carbocycles. The zero-order chi connectivity index (χ0) is 12.4. The Labute approximate surface area is 101 Å². The summed E-state index contributed by atoms with van der Waals surface area (Å²) in [6.45, 7) is 5.95. The van der Waals surface area contributed by atoms with Crippen LogP contribution in [0.1, 0.15) is 19.5 Å². The molecule has 0 saturated heterocycles. The second-order valence-electron chi connectivity index (χ2n) is 4.63. The number of benzene rings is 1. The number of rotatable bonds is 4. The Morgan fingerprint density at radius 3 is 2.76 bits per heavy atom. The Morgan fingerprint density at radius 2 is 2.12 bits per heavy atom. The number of ether oxygens (including phenoxy) is 1. The van der Waals surface area contributed by atoms with E-state index in [2.05, 4.69) is 4.98 Å². The molecule has 90 valence electrons. The lowest BCUT2D eigenvalue weighted by molar-refractivity contribution is -0.115. The average molecular weight is 231 g/mol. The van der Waals surface area contributed by atoms with Crippen LogP contribution in [0.25, 0.3) is 10.9 Å². The third kappa shape index (κ3) is 2.33. The van der Waals surface area contributed by atoms with Crippen LogP contribution in [-0.4, -0.2) is 17.4 Å². The van der Waals surface area contributed by atoms with Crippen molar-refractivity contribution in [3.05, 3.63) is 30.0 Å². The molecule has 1 heterocycles. The van der Waals surface area contributed by atoms with Crippen LogP contribution in [0.5, 0.6) is 5.75 Å². The lowest BCUT2D eigenvalue weighted by Gasteiger charge is -2.17. The zero-order valence-corrected chi connectivity index (χ0v) is 10.4. The molecule has 2 rings (SSSR count). The molecular weight excluding hydrogens is 214 g/mol. The van der Waals surface area contributed by atoms with E-state index in [4.69, 9.17) is 4.74 Å². The van der Waals surface area contributed by atoms with Crippen molar-refractivity contribution in [2.45, 2.75) is 26.9 Å². The molecule has 0 saturated carbocycles. The molecule has 0 fully saturated rings. The molecule has 0 radical (unpaired) electrons.